The summed E-state index contributed by atoms with van der Waals surface area (Å²) in [6.45, 7) is 1.49. The Morgan fingerprint density at radius 1 is 1.35 bits per heavy atom. The van der Waals surface area contributed by atoms with Gasteiger partial charge in [0.2, 0.25) is 5.91 Å². The highest BCUT2D eigenvalue weighted by Gasteiger charge is 2.11. The average molecular weight is 275 g/mol. The second-order valence-corrected chi connectivity index (χ2v) is 3.96. The van der Waals surface area contributed by atoms with Crippen LogP contribution in [-0.2, 0) is 16.1 Å². The van der Waals surface area contributed by atoms with E-state index in [0.717, 1.165) is 4.57 Å². The zero-order chi connectivity index (χ0) is 14.5. The van der Waals surface area contributed by atoms with E-state index in [4.69, 9.17) is 0 Å². The first-order valence-corrected chi connectivity index (χ1v) is 6.02. The topological polar surface area (TPSA) is 90.3 Å². The van der Waals surface area contributed by atoms with Crippen molar-refractivity contribution >= 4 is 22.9 Å². The van der Waals surface area contributed by atoms with Gasteiger partial charge in [0.05, 0.1) is 23.8 Å². The number of nitrogens with one attached hydrogen (secondary N) is 1. The average Bonchev–Trinajstić information content (AvgIpc) is 2.42. The first-order chi connectivity index (χ1) is 9.61. The van der Waals surface area contributed by atoms with Crippen molar-refractivity contribution in [3.8, 4) is 0 Å². The fourth-order valence-corrected chi connectivity index (χ4v) is 1.69. The molecule has 20 heavy (non-hydrogen) atoms. The van der Waals surface area contributed by atoms with Crippen LogP contribution >= 0.6 is 0 Å². The summed E-state index contributed by atoms with van der Waals surface area (Å²) in [5, 5.41) is 2.43. The van der Waals surface area contributed by atoms with E-state index in [-0.39, 0.29) is 18.7 Å². The molecule has 0 saturated carbocycles. The minimum atomic E-state index is -0.834. The van der Waals surface area contributed by atoms with Crippen LogP contribution in [0.1, 0.15) is 6.92 Å². The molecule has 2 rings (SSSR count). The van der Waals surface area contributed by atoms with Gasteiger partial charge in [-0.1, -0.05) is 12.1 Å². The van der Waals surface area contributed by atoms with Gasteiger partial charge >= 0.3 is 6.09 Å². The quantitative estimate of drug-likeness (QED) is 0.889. The highest BCUT2D eigenvalue weighted by molar-refractivity contribution is 5.91. The summed E-state index contributed by atoms with van der Waals surface area (Å²) < 4.78 is 5.71. The van der Waals surface area contributed by atoms with Crippen LogP contribution in [-0.4, -0.2) is 28.2 Å². The Bertz CT molecular complexity index is 708. The van der Waals surface area contributed by atoms with E-state index in [1.54, 1.807) is 31.2 Å². The molecule has 0 fully saturated rings. The number of carbonyl (C=O) groups excluding carboxylic acids is 2. The Kier molecular flexibility index (Phi) is 4.09. The molecule has 0 atom stereocenters. The smallest absolute Gasteiger partial charge is 0.413 e. The number of nitrogens with zero attached hydrogens (tertiary/aromatic N) is 2. The number of imide groups is 1. The number of hydrogen-bond donors (Lipinski definition) is 1. The number of fused-ring (bicyclic) bond motifs is 1. The van der Waals surface area contributed by atoms with Crippen LogP contribution in [0, 0.1) is 0 Å². The lowest BCUT2D eigenvalue weighted by atomic mass is 10.2. The van der Waals surface area contributed by atoms with Gasteiger partial charge in [-0.05, 0) is 19.1 Å². The lowest BCUT2D eigenvalue weighted by Gasteiger charge is -2.07. The third-order valence-electron chi connectivity index (χ3n) is 2.56. The number of para-hydroxylation sites is 1. The third-order valence-corrected chi connectivity index (χ3v) is 2.56. The molecule has 7 heteroatoms. The first-order valence-electron chi connectivity index (χ1n) is 6.02. The molecule has 2 aromatic rings. The van der Waals surface area contributed by atoms with Crippen LogP contribution in [0.2, 0.25) is 0 Å². The molecular weight excluding hydrogens is 262 g/mol. The summed E-state index contributed by atoms with van der Waals surface area (Å²) in [6.07, 6.45) is 0.439. The highest BCUT2D eigenvalue weighted by Crippen LogP contribution is 2.04. The van der Waals surface area contributed by atoms with E-state index < -0.39 is 12.0 Å². The van der Waals surface area contributed by atoms with Gasteiger partial charge in [-0.25, -0.2) is 9.78 Å². The molecule has 2 amide bonds. The Hall–Kier alpha value is -2.70. The number of rotatable bonds is 3. The van der Waals surface area contributed by atoms with E-state index in [1.165, 1.54) is 6.33 Å². The van der Waals surface area contributed by atoms with Crippen LogP contribution in [0.3, 0.4) is 0 Å². The van der Waals surface area contributed by atoms with Crippen LogP contribution in [0.25, 0.3) is 10.9 Å². The molecule has 1 N–H and O–H groups in total. The van der Waals surface area contributed by atoms with Crippen molar-refractivity contribution in [3.05, 3.63) is 40.9 Å². The molecular formula is C13H13N3O4. The molecule has 0 aliphatic carbocycles. The van der Waals surface area contributed by atoms with Crippen molar-refractivity contribution in [2.24, 2.45) is 0 Å². The standard InChI is InChI=1S/C13H13N3O4/c1-2-20-13(19)15-11(17)7-16-8-14-10-6-4-3-5-9(10)12(16)18/h3-6,8H,2,7H2,1H3,(H,15,17,19). The predicted molar refractivity (Wildman–Crippen MR) is 71.2 cm³/mol. The lowest BCUT2D eigenvalue weighted by Crippen LogP contribution is -2.36. The Labute approximate surface area is 114 Å². The molecule has 0 spiro atoms. The summed E-state index contributed by atoms with van der Waals surface area (Å²) in [5.41, 5.74) is 0.217. The van der Waals surface area contributed by atoms with E-state index in [2.05, 4.69) is 9.72 Å². The van der Waals surface area contributed by atoms with Gasteiger partial charge in [0.1, 0.15) is 6.54 Å². The number of amides is 2. The molecule has 0 saturated heterocycles. The number of carbonyl (C=O) groups is 2. The minimum absolute atomic E-state index is 0.163. The molecule has 0 aliphatic heterocycles. The van der Waals surface area contributed by atoms with Gasteiger partial charge < -0.3 is 4.74 Å². The van der Waals surface area contributed by atoms with Crippen molar-refractivity contribution in [3.63, 3.8) is 0 Å². The van der Waals surface area contributed by atoms with Crippen molar-refractivity contribution in [1.29, 1.82) is 0 Å². The second kappa shape index (κ2) is 5.96. The van der Waals surface area contributed by atoms with E-state index in [0.29, 0.717) is 10.9 Å². The highest BCUT2D eigenvalue weighted by atomic mass is 16.5. The summed E-state index contributed by atoms with van der Waals surface area (Å²) in [6, 6.07) is 6.82. The van der Waals surface area contributed by atoms with Crippen molar-refractivity contribution in [1.82, 2.24) is 14.9 Å². The fourth-order valence-electron chi connectivity index (χ4n) is 1.69. The van der Waals surface area contributed by atoms with Gasteiger partial charge in [-0.3, -0.25) is 19.5 Å². The summed E-state index contributed by atoms with van der Waals surface area (Å²) in [5.74, 6) is -0.636. The maximum Gasteiger partial charge on any atom is 0.413 e. The third kappa shape index (κ3) is 3.00. The minimum Gasteiger partial charge on any atom is -0.450 e. The summed E-state index contributed by atoms with van der Waals surface area (Å²) in [7, 11) is 0. The number of alkyl carbamates (subject to hydrolysis) is 1. The van der Waals surface area contributed by atoms with Crippen LogP contribution in [0.4, 0.5) is 4.79 Å². The SMILES string of the molecule is CCOC(=O)NC(=O)Cn1cnc2ccccc2c1=O. The van der Waals surface area contributed by atoms with Crippen LogP contribution in [0.5, 0.6) is 0 Å². The Morgan fingerprint density at radius 2 is 2.10 bits per heavy atom. The van der Waals surface area contributed by atoms with Gasteiger partial charge in [-0.2, -0.15) is 0 Å². The maximum atomic E-state index is 12.1. The molecule has 1 aromatic heterocycles. The number of hydrogen-bond acceptors (Lipinski definition) is 5. The van der Waals surface area contributed by atoms with Gasteiger partial charge in [-0.15, -0.1) is 0 Å². The molecule has 7 nitrogen and oxygen atoms in total. The van der Waals surface area contributed by atoms with Crippen molar-refractivity contribution in [2.45, 2.75) is 13.5 Å². The first kappa shape index (κ1) is 13.7. The van der Waals surface area contributed by atoms with Crippen molar-refractivity contribution in [2.75, 3.05) is 6.61 Å². The molecule has 0 unspecified atom stereocenters. The number of benzene rings is 1. The lowest BCUT2D eigenvalue weighted by molar-refractivity contribution is -0.121. The Balaban J connectivity index is 2.18. The monoisotopic (exact) mass is 275 g/mol. The molecule has 104 valence electrons. The molecule has 0 bridgehead atoms. The molecule has 1 heterocycles. The largest absolute Gasteiger partial charge is 0.450 e. The zero-order valence-electron chi connectivity index (χ0n) is 10.8. The second-order valence-electron chi connectivity index (χ2n) is 3.96. The van der Waals surface area contributed by atoms with E-state index >= 15 is 0 Å². The number of ether oxygens (including phenoxy) is 1. The normalized spacial score (nSPS) is 10.2. The van der Waals surface area contributed by atoms with Crippen LogP contribution in [0.15, 0.2) is 35.4 Å². The summed E-state index contributed by atoms with van der Waals surface area (Å²) >= 11 is 0. The van der Waals surface area contributed by atoms with Gasteiger partial charge in [0.25, 0.3) is 5.56 Å². The Morgan fingerprint density at radius 3 is 2.85 bits per heavy atom. The van der Waals surface area contributed by atoms with E-state index in [9.17, 15) is 14.4 Å². The van der Waals surface area contributed by atoms with E-state index in [1.807, 2.05) is 5.32 Å². The zero-order valence-corrected chi connectivity index (χ0v) is 10.8. The summed E-state index contributed by atoms with van der Waals surface area (Å²) in [4.78, 5) is 38.8. The van der Waals surface area contributed by atoms with Crippen molar-refractivity contribution < 1.29 is 14.3 Å². The van der Waals surface area contributed by atoms with Gasteiger partial charge in [0, 0.05) is 0 Å². The maximum absolute atomic E-state index is 12.1. The van der Waals surface area contributed by atoms with Gasteiger partial charge in [0.15, 0.2) is 0 Å². The molecule has 0 radical (unpaired) electrons. The predicted octanol–water partition coefficient (Wildman–Crippen LogP) is 0.669. The fraction of sp³-hybridized carbons (Fsp3) is 0.231. The molecule has 1 aromatic carbocycles. The van der Waals surface area contributed by atoms with Crippen LogP contribution < -0.4 is 10.9 Å². The number of aromatic nitrogens is 2. The molecule has 0 aliphatic rings.